The number of hydrogen-bond acceptors (Lipinski definition) is 7. The van der Waals surface area contributed by atoms with Crippen LogP contribution in [0, 0.1) is 0 Å². The van der Waals surface area contributed by atoms with E-state index in [1.807, 2.05) is 19.1 Å². The first-order valence-corrected chi connectivity index (χ1v) is 10.2. The summed E-state index contributed by atoms with van der Waals surface area (Å²) in [7, 11) is 0. The van der Waals surface area contributed by atoms with Crippen LogP contribution < -0.4 is 20.7 Å². The van der Waals surface area contributed by atoms with Crippen LogP contribution in [0.25, 0.3) is 0 Å². The number of rotatable bonds is 8. The third-order valence-electron chi connectivity index (χ3n) is 4.96. The Bertz CT molecular complexity index is 803. The SMILES string of the molecule is CCCCN1CCN(c2ncc(C(=O)Nc3ccc(OCC)cc3)c(N)n2)CC1. The van der Waals surface area contributed by atoms with Gasteiger partial charge in [-0.25, -0.2) is 4.98 Å². The Hall–Kier alpha value is -2.87. The minimum atomic E-state index is -0.331. The van der Waals surface area contributed by atoms with Gasteiger partial charge in [0, 0.05) is 38.1 Å². The Morgan fingerprint density at radius 3 is 2.52 bits per heavy atom. The first kappa shape index (κ1) is 20.9. The number of aromatic nitrogens is 2. The molecular formula is C21H30N6O2. The number of nitrogens with one attached hydrogen (secondary N) is 1. The largest absolute Gasteiger partial charge is 0.494 e. The van der Waals surface area contributed by atoms with Crippen molar-refractivity contribution in [2.24, 2.45) is 0 Å². The summed E-state index contributed by atoms with van der Waals surface area (Å²) >= 11 is 0. The second-order valence-corrected chi connectivity index (χ2v) is 7.06. The minimum absolute atomic E-state index is 0.187. The van der Waals surface area contributed by atoms with E-state index in [0.29, 0.717) is 18.2 Å². The average Bonchev–Trinajstić information content (AvgIpc) is 2.74. The standard InChI is InChI=1S/C21H30N6O2/c1-3-5-10-26-11-13-27(14-12-26)21-23-15-18(19(22)25-21)20(28)24-16-6-8-17(9-7-16)29-4-2/h6-9,15H,3-5,10-14H2,1-2H3,(H,24,28)(H2,22,23,25). The molecule has 1 saturated heterocycles. The molecule has 29 heavy (non-hydrogen) atoms. The number of amides is 1. The van der Waals surface area contributed by atoms with Crippen LogP contribution in [0.1, 0.15) is 37.0 Å². The van der Waals surface area contributed by atoms with Crippen molar-refractivity contribution in [1.29, 1.82) is 0 Å². The van der Waals surface area contributed by atoms with Gasteiger partial charge in [-0.15, -0.1) is 0 Å². The maximum Gasteiger partial charge on any atom is 0.260 e. The lowest BCUT2D eigenvalue weighted by molar-refractivity contribution is 0.102. The normalized spacial score (nSPS) is 14.6. The van der Waals surface area contributed by atoms with Gasteiger partial charge in [0.15, 0.2) is 0 Å². The summed E-state index contributed by atoms with van der Waals surface area (Å²) in [6.07, 6.45) is 3.94. The molecular weight excluding hydrogens is 368 g/mol. The van der Waals surface area contributed by atoms with Crippen LogP contribution in [0.2, 0.25) is 0 Å². The number of ether oxygens (including phenoxy) is 1. The molecule has 2 heterocycles. The molecule has 0 radical (unpaired) electrons. The van der Waals surface area contributed by atoms with E-state index in [1.54, 1.807) is 12.1 Å². The van der Waals surface area contributed by atoms with Crippen LogP contribution in [0.3, 0.4) is 0 Å². The van der Waals surface area contributed by atoms with Gasteiger partial charge in [-0.3, -0.25) is 9.69 Å². The zero-order chi connectivity index (χ0) is 20.6. The van der Waals surface area contributed by atoms with Gasteiger partial charge >= 0.3 is 0 Å². The number of unbranched alkanes of at least 4 members (excludes halogenated alkanes) is 1. The van der Waals surface area contributed by atoms with E-state index < -0.39 is 0 Å². The fourth-order valence-corrected chi connectivity index (χ4v) is 3.27. The molecule has 1 amide bonds. The van der Waals surface area contributed by atoms with Crippen LogP contribution in [0.15, 0.2) is 30.5 Å². The smallest absolute Gasteiger partial charge is 0.260 e. The highest BCUT2D eigenvalue weighted by Crippen LogP contribution is 2.19. The molecule has 3 N–H and O–H groups in total. The van der Waals surface area contributed by atoms with Crippen molar-refractivity contribution in [3.8, 4) is 5.75 Å². The maximum atomic E-state index is 12.6. The summed E-state index contributed by atoms with van der Waals surface area (Å²) in [6.45, 7) is 9.57. The highest BCUT2D eigenvalue weighted by molar-refractivity contribution is 6.07. The summed E-state index contributed by atoms with van der Waals surface area (Å²) in [5.74, 6) is 1.19. The summed E-state index contributed by atoms with van der Waals surface area (Å²) < 4.78 is 5.41. The van der Waals surface area contributed by atoms with E-state index in [9.17, 15) is 4.79 Å². The third-order valence-corrected chi connectivity index (χ3v) is 4.96. The van der Waals surface area contributed by atoms with Crippen molar-refractivity contribution in [2.45, 2.75) is 26.7 Å². The summed E-state index contributed by atoms with van der Waals surface area (Å²) in [4.78, 5) is 25.9. The van der Waals surface area contributed by atoms with Crippen molar-refractivity contribution in [1.82, 2.24) is 14.9 Å². The molecule has 1 aromatic heterocycles. The molecule has 8 heteroatoms. The molecule has 2 aromatic rings. The molecule has 3 rings (SSSR count). The van der Waals surface area contributed by atoms with Crippen molar-refractivity contribution < 1.29 is 9.53 Å². The van der Waals surface area contributed by atoms with Gasteiger partial charge in [-0.2, -0.15) is 4.98 Å². The van der Waals surface area contributed by atoms with Crippen molar-refractivity contribution in [3.05, 3.63) is 36.0 Å². The van der Waals surface area contributed by atoms with E-state index in [1.165, 1.54) is 19.0 Å². The lowest BCUT2D eigenvalue weighted by Crippen LogP contribution is -2.47. The minimum Gasteiger partial charge on any atom is -0.494 e. The zero-order valence-electron chi connectivity index (χ0n) is 17.2. The van der Waals surface area contributed by atoms with Crippen LogP contribution >= 0.6 is 0 Å². The number of piperazine rings is 1. The quantitative estimate of drug-likeness (QED) is 0.705. The van der Waals surface area contributed by atoms with E-state index in [0.717, 1.165) is 38.5 Å². The van der Waals surface area contributed by atoms with Gasteiger partial charge in [0.1, 0.15) is 17.1 Å². The number of carbonyl (C=O) groups excluding carboxylic acids is 1. The van der Waals surface area contributed by atoms with Gasteiger partial charge in [-0.05, 0) is 44.2 Å². The van der Waals surface area contributed by atoms with Crippen LogP contribution in [-0.2, 0) is 0 Å². The van der Waals surface area contributed by atoms with Gasteiger partial charge in [0.2, 0.25) is 5.95 Å². The van der Waals surface area contributed by atoms with Crippen LogP contribution in [-0.4, -0.2) is 60.1 Å². The average molecular weight is 399 g/mol. The third kappa shape index (κ3) is 5.57. The molecule has 0 saturated carbocycles. The fraction of sp³-hybridized carbons (Fsp3) is 0.476. The van der Waals surface area contributed by atoms with Crippen LogP contribution in [0.4, 0.5) is 17.5 Å². The molecule has 0 spiro atoms. The second kappa shape index (κ2) is 10.1. The number of hydrogen-bond donors (Lipinski definition) is 2. The number of nitrogen functional groups attached to an aromatic ring is 1. The van der Waals surface area contributed by atoms with Crippen LogP contribution in [0.5, 0.6) is 5.75 Å². The number of nitrogens with zero attached hydrogens (tertiary/aromatic N) is 4. The van der Waals surface area contributed by atoms with E-state index >= 15 is 0 Å². The lowest BCUT2D eigenvalue weighted by Gasteiger charge is -2.34. The number of nitrogens with two attached hydrogens (primary N) is 1. The summed E-state index contributed by atoms with van der Waals surface area (Å²) in [5.41, 5.74) is 7.00. The molecule has 1 aliphatic heterocycles. The Kier molecular flexibility index (Phi) is 7.24. The maximum absolute atomic E-state index is 12.6. The molecule has 1 aromatic carbocycles. The zero-order valence-corrected chi connectivity index (χ0v) is 17.2. The molecule has 1 fully saturated rings. The monoisotopic (exact) mass is 398 g/mol. The fourth-order valence-electron chi connectivity index (χ4n) is 3.27. The number of carbonyl (C=O) groups is 1. The van der Waals surface area contributed by atoms with Crippen molar-refractivity contribution in [3.63, 3.8) is 0 Å². The summed E-state index contributed by atoms with van der Waals surface area (Å²) in [5, 5.41) is 2.82. The second-order valence-electron chi connectivity index (χ2n) is 7.06. The Labute approximate surface area is 172 Å². The predicted molar refractivity (Wildman–Crippen MR) is 116 cm³/mol. The Morgan fingerprint density at radius 1 is 1.17 bits per heavy atom. The van der Waals surface area contributed by atoms with Gasteiger partial charge in [0.05, 0.1) is 6.61 Å². The first-order chi connectivity index (χ1) is 14.1. The van der Waals surface area contributed by atoms with E-state index in [4.69, 9.17) is 10.5 Å². The molecule has 0 bridgehead atoms. The van der Waals surface area contributed by atoms with E-state index in [-0.39, 0.29) is 17.3 Å². The van der Waals surface area contributed by atoms with Gasteiger partial charge in [0.25, 0.3) is 5.91 Å². The van der Waals surface area contributed by atoms with Crippen molar-refractivity contribution in [2.75, 3.05) is 55.3 Å². The van der Waals surface area contributed by atoms with Gasteiger partial charge < -0.3 is 20.7 Å². The predicted octanol–water partition coefficient (Wildman–Crippen LogP) is 2.63. The highest BCUT2D eigenvalue weighted by Gasteiger charge is 2.20. The Morgan fingerprint density at radius 2 is 1.90 bits per heavy atom. The molecule has 0 aliphatic carbocycles. The molecule has 8 nitrogen and oxygen atoms in total. The number of benzene rings is 1. The molecule has 0 unspecified atom stereocenters. The summed E-state index contributed by atoms with van der Waals surface area (Å²) in [6, 6.07) is 7.18. The molecule has 156 valence electrons. The lowest BCUT2D eigenvalue weighted by atomic mass is 10.2. The van der Waals surface area contributed by atoms with E-state index in [2.05, 4.69) is 32.0 Å². The highest BCUT2D eigenvalue weighted by atomic mass is 16.5. The molecule has 0 atom stereocenters. The topological polar surface area (TPSA) is 96.6 Å². The Balaban J connectivity index is 1.59. The molecule has 1 aliphatic rings. The first-order valence-electron chi connectivity index (χ1n) is 10.2. The number of anilines is 3. The van der Waals surface area contributed by atoms with Gasteiger partial charge in [-0.1, -0.05) is 13.3 Å². The van der Waals surface area contributed by atoms with Crippen molar-refractivity contribution >= 4 is 23.4 Å².